The van der Waals surface area contributed by atoms with Crippen LogP contribution in [-0.4, -0.2) is 36.0 Å². The minimum atomic E-state index is -1.13. The van der Waals surface area contributed by atoms with Gasteiger partial charge in [0, 0.05) is 10.7 Å². The minimum absolute atomic E-state index is 0.000929. The molecule has 7 nitrogen and oxygen atoms in total. The van der Waals surface area contributed by atoms with Gasteiger partial charge < -0.3 is 15.2 Å². The fraction of sp³-hybridized carbons (Fsp3) is 0.167. The molecule has 0 atom stereocenters. The Morgan fingerprint density at radius 1 is 1.27 bits per heavy atom. The van der Waals surface area contributed by atoms with Crippen LogP contribution in [0.3, 0.4) is 0 Å². The summed E-state index contributed by atoms with van der Waals surface area (Å²) in [5, 5.41) is 12.4. The summed E-state index contributed by atoms with van der Waals surface area (Å²) in [7, 11) is 0. The number of fused-ring (bicyclic) bond motifs is 1. The van der Waals surface area contributed by atoms with E-state index in [2.05, 4.69) is 5.32 Å². The molecule has 2 aromatic carbocycles. The summed E-state index contributed by atoms with van der Waals surface area (Å²) in [5.41, 5.74) is 1.62. The molecule has 0 fully saturated rings. The fourth-order valence-corrected chi connectivity index (χ4v) is 2.84. The Bertz CT molecular complexity index is 912. The molecule has 2 aromatic rings. The molecule has 0 saturated heterocycles. The number of benzene rings is 2. The Morgan fingerprint density at radius 3 is 2.73 bits per heavy atom. The maximum Gasteiger partial charge on any atom is 0.335 e. The number of carbonyl (C=O) groups is 3. The van der Waals surface area contributed by atoms with Crippen LogP contribution in [0.5, 0.6) is 5.75 Å². The highest BCUT2D eigenvalue weighted by atomic mass is 35.5. The Kier molecular flexibility index (Phi) is 4.81. The number of nitrogens with one attached hydrogen (secondary N) is 1. The number of amides is 2. The lowest BCUT2D eigenvalue weighted by molar-refractivity contribution is -0.123. The van der Waals surface area contributed by atoms with Crippen LogP contribution in [0.1, 0.15) is 15.9 Å². The van der Waals surface area contributed by atoms with Gasteiger partial charge in [0.25, 0.3) is 5.91 Å². The second kappa shape index (κ2) is 7.05. The largest absolute Gasteiger partial charge is 0.482 e. The molecule has 1 heterocycles. The molecule has 0 aromatic heterocycles. The van der Waals surface area contributed by atoms with E-state index in [1.54, 1.807) is 25.1 Å². The molecule has 0 spiro atoms. The fourth-order valence-electron chi connectivity index (χ4n) is 2.61. The van der Waals surface area contributed by atoms with E-state index in [4.69, 9.17) is 21.4 Å². The molecule has 0 saturated carbocycles. The Hall–Kier alpha value is -3.06. The summed E-state index contributed by atoms with van der Waals surface area (Å²) < 4.78 is 5.30. The molecule has 3 rings (SSSR count). The third kappa shape index (κ3) is 3.62. The molecule has 2 amide bonds. The van der Waals surface area contributed by atoms with Crippen molar-refractivity contribution >= 4 is 40.8 Å². The monoisotopic (exact) mass is 374 g/mol. The van der Waals surface area contributed by atoms with Crippen LogP contribution in [0.4, 0.5) is 11.4 Å². The van der Waals surface area contributed by atoms with E-state index in [1.807, 2.05) is 0 Å². The quantitative estimate of drug-likeness (QED) is 0.857. The molecule has 0 bridgehead atoms. The summed E-state index contributed by atoms with van der Waals surface area (Å²) in [4.78, 5) is 37.0. The first-order valence-corrected chi connectivity index (χ1v) is 8.09. The zero-order valence-electron chi connectivity index (χ0n) is 13.8. The predicted octanol–water partition coefficient (Wildman–Crippen LogP) is 2.71. The topological polar surface area (TPSA) is 95.9 Å². The standard InChI is InChI=1S/C18H15ClN2O5/c1-10-6-12(19)3-4-13(10)20-16(22)8-21-14-7-11(18(24)25)2-5-15(14)26-9-17(21)23/h2-7H,8-9H2,1H3,(H,20,22)(H,24,25). The average molecular weight is 375 g/mol. The van der Waals surface area contributed by atoms with Crippen molar-refractivity contribution in [3.8, 4) is 5.75 Å². The zero-order chi connectivity index (χ0) is 18.8. The normalized spacial score (nSPS) is 13.0. The van der Waals surface area contributed by atoms with Crippen molar-refractivity contribution in [3.63, 3.8) is 0 Å². The Balaban J connectivity index is 1.83. The number of aryl methyl sites for hydroxylation is 1. The van der Waals surface area contributed by atoms with Gasteiger partial charge in [-0.25, -0.2) is 4.79 Å². The summed E-state index contributed by atoms with van der Waals surface area (Å²) in [6.07, 6.45) is 0. The van der Waals surface area contributed by atoms with Gasteiger partial charge in [0.15, 0.2) is 6.61 Å². The van der Waals surface area contributed by atoms with E-state index in [0.717, 1.165) is 5.56 Å². The van der Waals surface area contributed by atoms with E-state index < -0.39 is 17.8 Å². The molecule has 2 N–H and O–H groups in total. The molecule has 0 unspecified atom stereocenters. The molecule has 0 aliphatic carbocycles. The molecule has 1 aliphatic heterocycles. The highest BCUT2D eigenvalue weighted by Crippen LogP contribution is 2.33. The van der Waals surface area contributed by atoms with Gasteiger partial charge in [0.1, 0.15) is 12.3 Å². The minimum Gasteiger partial charge on any atom is -0.482 e. The molecule has 134 valence electrons. The van der Waals surface area contributed by atoms with Gasteiger partial charge in [0.2, 0.25) is 5.91 Å². The molecule has 1 aliphatic rings. The SMILES string of the molecule is Cc1cc(Cl)ccc1NC(=O)CN1C(=O)COc2ccc(C(=O)O)cc21. The van der Waals surface area contributed by atoms with E-state index in [-0.39, 0.29) is 24.4 Å². The van der Waals surface area contributed by atoms with Crippen LogP contribution < -0.4 is 15.0 Å². The van der Waals surface area contributed by atoms with Gasteiger partial charge in [-0.3, -0.25) is 14.5 Å². The number of rotatable bonds is 4. The van der Waals surface area contributed by atoms with Crippen LogP contribution in [0.25, 0.3) is 0 Å². The van der Waals surface area contributed by atoms with Crippen LogP contribution in [0.15, 0.2) is 36.4 Å². The number of halogens is 1. The smallest absolute Gasteiger partial charge is 0.335 e. The third-order valence-electron chi connectivity index (χ3n) is 3.91. The average Bonchev–Trinajstić information content (AvgIpc) is 2.59. The summed E-state index contributed by atoms with van der Waals surface area (Å²) in [5.74, 6) is -1.63. The highest BCUT2D eigenvalue weighted by Gasteiger charge is 2.28. The van der Waals surface area contributed by atoms with Crippen molar-refractivity contribution in [1.29, 1.82) is 0 Å². The van der Waals surface area contributed by atoms with Crippen LogP contribution in [0.2, 0.25) is 5.02 Å². The van der Waals surface area contributed by atoms with Gasteiger partial charge >= 0.3 is 5.97 Å². The molecule has 0 radical (unpaired) electrons. The lowest BCUT2D eigenvalue weighted by Gasteiger charge is -2.29. The van der Waals surface area contributed by atoms with E-state index >= 15 is 0 Å². The van der Waals surface area contributed by atoms with Gasteiger partial charge in [-0.1, -0.05) is 11.6 Å². The Labute approximate surface area is 154 Å². The van der Waals surface area contributed by atoms with Crippen molar-refractivity contribution < 1.29 is 24.2 Å². The van der Waals surface area contributed by atoms with E-state index in [1.165, 1.54) is 23.1 Å². The van der Waals surface area contributed by atoms with Crippen LogP contribution in [0, 0.1) is 6.92 Å². The first-order chi connectivity index (χ1) is 12.3. The van der Waals surface area contributed by atoms with Crippen molar-refractivity contribution in [2.24, 2.45) is 0 Å². The second-order valence-corrected chi connectivity index (χ2v) is 6.20. The number of aromatic carboxylic acids is 1. The number of hydrogen-bond acceptors (Lipinski definition) is 4. The number of hydrogen-bond donors (Lipinski definition) is 2. The molecule has 26 heavy (non-hydrogen) atoms. The number of nitrogens with zero attached hydrogens (tertiary/aromatic N) is 1. The third-order valence-corrected chi connectivity index (χ3v) is 4.15. The van der Waals surface area contributed by atoms with Gasteiger partial charge in [0.05, 0.1) is 11.3 Å². The molecule has 8 heteroatoms. The van der Waals surface area contributed by atoms with Gasteiger partial charge in [-0.05, 0) is 48.9 Å². The van der Waals surface area contributed by atoms with Gasteiger partial charge in [-0.2, -0.15) is 0 Å². The number of carbonyl (C=O) groups excluding carboxylic acids is 2. The summed E-state index contributed by atoms with van der Waals surface area (Å²) in [6, 6.07) is 9.21. The number of anilines is 2. The molecular weight excluding hydrogens is 360 g/mol. The maximum atomic E-state index is 12.4. The number of ether oxygens (including phenoxy) is 1. The first kappa shape index (κ1) is 17.8. The van der Waals surface area contributed by atoms with Crippen molar-refractivity contribution in [2.45, 2.75) is 6.92 Å². The maximum absolute atomic E-state index is 12.4. The van der Waals surface area contributed by atoms with Crippen molar-refractivity contribution in [1.82, 2.24) is 0 Å². The van der Waals surface area contributed by atoms with Crippen molar-refractivity contribution in [2.75, 3.05) is 23.4 Å². The second-order valence-electron chi connectivity index (χ2n) is 5.76. The lowest BCUT2D eigenvalue weighted by Crippen LogP contribution is -2.43. The highest BCUT2D eigenvalue weighted by molar-refractivity contribution is 6.30. The zero-order valence-corrected chi connectivity index (χ0v) is 14.5. The summed E-state index contributed by atoms with van der Waals surface area (Å²) >= 11 is 5.90. The summed E-state index contributed by atoms with van der Waals surface area (Å²) in [6.45, 7) is 1.32. The lowest BCUT2D eigenvalue weighted by atomic mass is 10.1. The van der Waals surface area contributed by atoms with E-state index in [9.17, 15) is 14.4 Å². The first-order valence-electron chi connectivity index (χ1n) is 7.71. The predicted molar refractivity (Wildman–Crippen MR) is 96.1 cm³/mol. The van der Waals surface area contributed by atoms with E-state index in [0.29, 0.717) is 16.5 Å². The number of carboxylic acid groups (broad SMARTS) is 1. The van der Waals surface area contributed by atoms with Gasteiger partial charge in [-0.15, -0.1) is 0 Å². The molecular formula is C18H15ClN2O5. The van der Waals surface area contributed by atoms with Crippen LogP contribution >= 0.6 is 11.6 Å². The van der Waals surface area contributed by atoms with Crippen LogP contribution in [-0.2, 0) is 9.59 Å². The van der Waals surface area contributed by atoms with Crippen molar-refractivity contribution in [3.05, 3.63) is 52.5 Å². The Morgan fingerprint density at radius 2 is 2.04 bits per heavy atom. The number of carboxylic acids is 1.